The topological polar surface area (TPSA) is 197 Å². The molecule has 0 amide bonds. The van der Waals surface area contributed by atoms with Crippen LogP contribution in [0.25, 0.3) is 0 Å². The average molecular weight is 528 g/mol. The summed E-state index contributed by atoms with van der Waals surface area (Å²) in [6.07, 6.45) is 0. The molecule has 16 nitrogen and oxygen atoms in total. The Kier molecular flexibility index (Phi) is 8.34. The number of rotatable bonds is 10. The van der Waals surface area contributed by atoms with E-state index >= 15 is 0 Å². The second-order valence-electron chi connectivity index (χ2n) is 9.21. The van der Waals surface area contributed by atoms with Crippen LogP contribution < -0.4 is 0 Å². The maximum Gasteiger partial charge on any atom is 0.483 e. The highest BCUT2D eigenvalue weighted by Crippen LogP contribution is 2.66. The molecule has 0 aromatic rings. The Morgan fingerprint density at radius 1 is 0.857 bits per heavy atom. The molecule has 35 heavy (non-hydrogen) atoms. The second-order valence-corrected chi connectivity index (χ2v) is 11.6. The number of azo groups is 1. The molecule has 0 bridgehead atoms. The molecule has 2 fully saturated rings. The van der Waals surface area contributed by atoms with Gasteiger partial charge in [0, 0.05) is 10.0 Å². The molecular formula is C18H33N4O12P. The minimum absolute atomic E-state index is 0.233. The highest BCUT2D eigenvalue weighted by Gasteiger charge is 2.76. The summed E-state index contributed by atoms with van der Waals surface area (Å²) < 4.78 is 46.4. The van der Waals surface area contributed by atoms with Crippen molar-refractivity contribution in [3.8, 4) is 0 Å². The van der Waals surface area contributed by atoms with Crippen LogP contribution in [0.1, 0.15) is 48.5 Å². The molecule has 0 aliphatic carbocycles. The van der Waals surface area contributed by atoms with Crippen molar-refractivity contribution in [3.63, 3.8) is 0 Å². The molecule has 0 radical (unpaired) electrons. The van der Waals surface area contributed by atoms with Crippen LogP contribution in [0.5, 0.6) is 0 Å². The van der Waals surface area contributed by atoms with Crippen LogP contribution in [0.15, 0.2) is 5.11 Å². The SMILES string of the molecule is CCOP(=O)(OCC)C(C)(N=[N+]([O-])C1([N+](=O)[O-])COC(C)(C)OC1)C1([N+](=O)[O-])COC(C)(C)OC1. The van der Waals surface area contributed by atoms with Crippen LogP contribution in [-0.2, 0) is 32.6 Å². The largest absolute Gasteiger partial charge is 0.594 e. The zero-order valence-electron chi connectivity index (χ0n) is 20.9. The maximum absolute atomic E-state index is 14.0. The molecule has 2 saturated heterocycles. The van der Waals surface area contributed by atoms with Crippen molar-refractivity contribution in [2.24, 2.45) is 5.11 Å². The van der Waals surface area contributed by atoms with Crippen molar-refractivity contribution >= 4 is 7.60 Å². The van der Waals surface area contributed by atoms with E-state index in [0.717, 1.165) is 6.92 Å². The first-order chi connectivity index (χ1) is 16.0. The van der Waals surface area contributed by atoms with Crippen LogP contribution in [-0.4, -0.2) is 82.4 Å². The summed E-state index contributed by atoms with van der Waals surface area (Å²) in [4.78, 5) is 22.3. The van der Waals surface area contributed by atoms with E-state index in [1.165, 1.54) is 41.5 Å². The number of hydroxylamine groups is 1. The fourth-order valence-corrected chi connectivity index (χ4v) is 5.64. The van der Waals surface area contributed by atoms with Crippen molar-refractivity contribution in [1.29, 1.82) is 0 Å². The van der Waals surface area contributed by atoms with Gasteiger partial charge in [0.1, 0.15) is 18.1 Å². The molecule has 0 spiro atoms. The quantitative estimate of drug-likeness (QED) is 0.100. The van der Waals surface area contributed by atoms with E-state index in [0.29, 0.717) is 0 Å². The summed E-state index contributed by atoms with van der Waals surface area (Å²) in [7, 11) is -4.68. The Hall–Kier alpha value is -1.81. The van der Waals surface area contributed by atoms with Gasteiger partial charge in [0.25, 0.3) is 5.28 Å². The van der Waals surface area contributed by atoms with Gasteiger partial charge in [0.15, 0.2) is 24.8 Å². The van der Waals surface area contributed by atoms with E-state index < -0.39 is 71.9 Å². The molecule has 1 unspecified atom stereocenters. The van der Waals surface area contributed by atoms with Gasteiger partial charge in [0.05, 0.1) is 13.2 Å². The Balaban J connectivity index is 2.79. The Labute approximate surface area is 202 Å². The van der Waals surface area contributed by atoms with Crippen molar-refractivity contribution < 1.29 is 47.3 Å². The van der Waals surface area contributed by atoms with E-state index in [1.807, 2.05) is 0 Å². The van der Waals surface area contributed by atoms with E-state index in [9.17, 15) is 30.0 Å². The van der Waals surface area contributed by atoms with Gasteiger partial charge in [-0.15, -0.1) is 0 Å². The highest BCUT2D eigenvalue weighted by molar-refractivity contribution is 7.55. The van der Waals surface area contributed by atoms with E-state index in [4.69, 9.17) is 28.0 Å². The third-order valence-corrected chi connectivity index (χ3v) is 8.73. The van der Waals surface area contributed by atoms with Gasteiger partial charge >= 0.3 is 18.8 Å². The third-order valence-electron chi connectivity index (χ3n) is 5.96. The number of ether oxygens (including phenoxy) is 4. The lowest BCUT2D eigenvalue weighted by atomic mass is 9.92. The second kappa shape index (κ2) is 9.92. The lowest BCUT2D eigenvalue weighted by Crippen LogP contribution is -2.68. The lowest BCUT2D eigenvalue weighted by Gasteiger charge is -2.44. The molecule has 0 aromatic heterocycles. The molecular weight excluding hydrogens is 495 g/mol. The molecule has 202 valence electrons. The van der Waals surface area contributed by atoms with Gasteiger partial charge in [-0.2, -0.15) is 0 Å². The average Bonchev–Trinajstić information content (AvgIpc) is 2.73. The van der Waals surface area contributed by atoms with Gasteiger partial charge in [-0.05, 0) is 53.3 Å². The Morgan fingerprint density at radius 2 is 1.26 bits per heavy atom. The van der Waals surface area contributed by atoms with Crippen molar-refractivity contribution in [3.05, 3.63) is 25.4 Å². The van der Waals surface area contributed by atoms with Gasteiger partial charge in [-0.25, -0.2) is 0 Å². The van der Waals surface area contributed by atoms with Gasteiger partial charge in [-0.1, -0.05) is 0 Å². The molecule has 2 rings (SSSR count). The van der Waals surface area contributed by atoms with E-state index in [2.05, 4.69) is 5.11 Å². The maximum atomic E-state index is 14.0. The number of hydrogen-bond acceptors (Lipinski definition) is 13. The van der Waals surface area contributed by atoms with Crippen molar-refractivity contribution in [1.82, 2.24) is 0 Å². The van der Waals surface area contributed by atoms with E-state index in [1.54, 1.807) is 0 Å². The van der Waals surface area contributed by atoms with Gasteiger partial charge in [0.2, 0.25) is 0 Å². The fraction of sp³-hybridized carbons (Fsp3) is 1.00. The summed E-state index contributed by atoms with van der Waals surface area (Å²) >= 11 is 0. The minimum atomic E-state index is -4.68. The van der Waals surface area contributed by atoms with E-state index in [-0.39, 0.29) is 18.1 Å². The third kappa shape index (κ3) is 5.19. The molecule has 0 aromatic carbocycles. The number of nitro groups is 2. The first-order valence-corrected chi connectivity index (χ1v) is 12.4. The van der Waals surface area contributed by atoms with Crippen LogP contribution in [0.2, 0.25) is 0 Å². The molecule has 2 heterocycles. The molecule has 2 aliphatic heterocycles. The monoisotopic (exact) mass is 528 g/mol. The summed E-state index contributed by atoms with van der Waals surface area (Å²) in [6, 6.07) is 0. The summed E-state index contributed by atoms with van der Waals surface area (Å²) in [5.41, 5.74) is -5.12. The Bertz CT molecular complexity index is 880. The number of hydrogen-bond donors (Lipinski definition) is 0. The molecule has 0 N–H and O–H groups in total. The fourth-order valence-electron chi connectivity index (χ4n) is 3.47. The first kappa shape index (κ1) is 29.4. The standard InChI is InChI=1S/C18H33N4O12P/c1-8-33-35(28,34-9-2)16(7,17(21(24)25)10-29-14(3,4)30-11-17)19-20(23)18(22(26)27)12-31-15(5,6)32-13-18/h8-13H2,1-7H3. The lowest BCUT2D eigenvalue weighted by molar-refractivity contribution is -0.829. The zero-order valence-corrected chi connectivity index (χ0v) is 21.8. The molecule has 0 saturated carbocycles. The molecule has 1 atom stereocenters. The Morgan fingerprint density at radius 3 is 1.60 bits per heavy atom. The van der Waals surface area contributed by atoms with Gasteiger partial charge in [-0.3, -0.25) is 24.8 Å². The minimum Gasteiger partial charge on any atom is -0.594 e. The summed E-state index contributed by atoms with van der Waals surface area (Å²) in [5, 5.41) is 39.1. The van der Waals surface area contributed by atoms with Crippen LogP contribution >= 0.6 is 7.60 Å². The number of nitrogens with zero attached hydrogens (tertiary/aromatic N) is 4. The predicted octanol–water partition coefficient (Wildman–Crippen LogP) is 2.49. The first-order valence-electron chi connectivity index (χ1n) is 10.9. The predicted molar refractivity (Wildman–Crippen MR) is 117 cm³/mol. The van der Waals surface area contributed by atoms with Crippen LogP contribution in [0.3, 0.4) is 0 Å². The molecule has 2 aliphatic rings. The summed E-state index contributed by atoms with van der Waals surface area (Å²) in [5.74, 6) is -2.47. The highest BCUT2D eigenvalue weighted by atomic mass is 31.2. The van der Waals surface area contributed by atoms with Crippen molar-refractivity contribution in [2.75, 3.05) is 39.6 Å². The van der Waals surface area contributed by atoms with Crippen molar-refractivity contribution in [2.45, 2.75) is 76.5 Å². The summed E-state index contributed by atoms with van der Waals surface area (Å²) in [6.45, 7) is 6.49. The molecule has 17 heteroatoms. The van der Waals surface area contributed by atoms with Gasteiger partial charge < -0.3 is 33.2 Å². The zero-order chi connectivity index (χ0) is 26.9. The smallest absolute Gasteiger partial charge is 0.483 e. The normalized spacial score (nSPS) is 25.4. The van der Waals surface area contributed by atoms with Crippen LogP contribution in [0, 0.1) is 25.4 Å². The van der Waals surface area contributed by atoms with Crippen LogP contribution in [0.4, 0.5) is 0 Å².